The summed E-state index contributed by atoms with van der Waals surface area (Å²) >= 11 is 1.39. The fourth-order valence-electron chi connectivity index (χ4n) is 3.13. The van der Waals surface area contributed by atoms with Crippen LogP contribution in [0.5, 0.6) is 0 Å². The zero-order valence-corrected chi connectivity index (χ0v) is 16.1. The number of amides is 1. The standard InChI is InChI=1S/C19H24N2O4S/c1-14-6-8-16(26-14)15(22)7-9-18(24)25-12-17(23)21(2)19(13-20)10-4-3-5-11-19/h6,8H,3-5,7,9-12H2,1-2H3. The zero-order chi connectivity index (χ0) is 19.2. The Morgan fingerprint density at radius 2 is 1.92 bits per heavy atom. The smallest absolute Gasteiger partial charge is 0.306 e. The van der Waals surface area contributed by atoms with E-state index in [-0.39, 0.29) is 24.5 Å². The summed E-state index contributed by atoms with van der Waals surface area (Å²) in [5, 5.41) is 9.51. The number of Topliss-reactive ketones (excluding diaryl/α,β-unsaturated/α-hetero) is 1. The first-order chi connectivity index (χ1) is 12.4. The molecule has 2 rings (SSSR count). The van der Waals surface area contributed by atoms with Gasteiger partial charge in [-0.05, 0) is 31.9 Å². The van der Waals surface area contributed by atoms with Gasteiger partial charge in [0.05, 0.1) is 17.4 Å². The van der Waals surface area contributed by atoms with Crippen LogP contribution in [-0.4, -0.2) is 41.8 Å². The molecule has 0 radical (unpaired) electrons. The molecule has 1 aromatic rings. The molecule has 0 saturated heterocycles. The van der Waals surface area contributed by atoms with E-state index in [1.54, 1.807) is 13.1 Å². The minimum atomic E-state index is -0.797. The van der Waals surface area contributed by atoms with Crippen molar-refractivity contribution in [3.05, 3.63) is 21.9 Å². The highest BCUT2D eigenvalue weighted by Crippen LogP contribution is 2.32. The van der Waals surface area contributed by atoms with Crippen molar-refractivity contribution in [3.63, 3.8) is 0 Å². The van der Waals surface area contributed by atoms with Crippen molar-refractivity contribution in [1.29, 1.82) is 5.26 Å². The van der Waals surface area contributed by atoms with Crippen LogP contribution in [0.2, 0.25) is 0 Å². The van der Waals surface area contributed by atoms with Gasteiger partial charge in [0.25, 0.3) is 5.91 Å². The van der Waals surface area contributed by atoms with Crippen molar-refractivity contribution < 1.29 is 19.1 Å². The Kier molecular flexibility index (Phi) is 6.92. The monoisotopic (exact) mass is 376 g/mol. The summed E-state index contributed by atoms with van der Waals surface area (Å²) in [5.41, 5.74) is -0.797. The van der Waals surface area contributed by atoms with Gasteiger partial charge in [-0.25, -0.2) is 0 Å². The maximum absolute atomic E-state index is 12.3. The molecule has 1 saturated carbocycles. The predicted molar refractivity (Wildman–Crippen MR) is 97.8 cm³/mol. The number of carbonyl (C=O) groups is 3. The quantitative estimate of drug-likeness (QED) is 0.538. The number of rotatable bonds is 7. The number of aryl methyl sites for hydroxylation is 1. The second-order valence-corrected chi connectivity index (χ2v) is 7.94. The molecule has 140 valence electrons. The van der Waals surface area contributed by atoms with Crippen LogP contribution in [-0.2, 0) is 14.3 Å². The number of hydrogen-bond acceptors (Lipinski definition) is 6. The Hall–Kier alpha value is -2.20. The molecule has 6 nitrogen and oxygen atoms in total. The summed E-state index contributed by atoms with van der Waals surface area (Å²) in [4.78, 5) is 39.2. The second-order valence-electron chi connectivity index (χ2n) is 6.65. The Bertz CT molecular complexity index is 713. The fraction of sp³-hybridized carbons (Fsp3) is 0.579. The lowest BCUT2D eigenvalue weighted by atomic mass is 9.81. The van der Waals surface area contributed by atoms with Crippen LogP contribution in [0.4, 0.5) is 0 Å². The van der Waals surface area contributed by atoms with E-state index in [0.29, 0.717) is 17.7 Å². The van der Waals surface area contributed by atoms with Gasteiger partial charge in [0, 0.05) is 18.3 Å². The number of thiophene rings is 1. The van der Waals surface area contributed by atoms with E-state index in [9.17, 15) is 19.6 Å². The first kappa shape index (κ1) is 20.1. The molecule has 26 heavy (non-hydrogen) atoms. The lowest BCUT2D eigenvalue weighted by Crippen LogP contribution is -2.51. The van der Waals surface area contributed by atoms with Gasteiger partial charge < -0.3 is 9.64 Å². The van der Waals surface area contributed by atoms with Crippen molar-refractivity contribution in [2.45, 2.75) is 57.4 Å². The maximum Gasteiger partial charge on any atom is 0.306 e. The van der Waals surface area contributed by atoms with Crippen molar-refractivity contribution in [3.8, 4) is 6.07 Å². The maximum atomic E-state index is 12.3. The molecule has 1 aromatic heterocycles. The Morgan fingerprint density at radius 1 is 1.23 bits per heavy atom. The van der Waals surface area contributed by atoms with Crippen LogP contribution in [0, 0.1) is 18.3 Å². The average molecular weight is 376 g/mol. The number of likely N-dealkylation sites (N-methyl/N-ethyl adjacent to an activating group) is 1. The van der Waals surface area contributed by atoms with Gasteiger partial charge in [-0.2, -0.15) is 5.26 Å². The summed E-state index contributed by atoms with van der Waals surface area (Å²) in [5.74, 6) is -1.07. The Balaban J connectivity index is 1.78. The number of nitrogens with zero attached hydrogens (tertiary/aromatic N) is 2. The lowest BCUT2D eigenvalue weighted by molar-refractivity contribution is -0.153. The predicted octanol–water partition coefficient (Wildman–Crippen LogP) is 3.25. The summed E-state index contributed by atoms with van der Waals surface area (Å²) in [6, 6.07) is 5.88. The molecule has 0 N–H and O–H groups in total. The number of esters is 1. The third-order valence-electron chi connectivity index (χ3n) is 4.83. The van der Waals surface area contributed by atoms with E-state index in [1.165, 1.54) is 16.2 Å². The SMILES string of the molecule is Cc1ccc(C(=O)CCC(=O)OCC(=O)N(C)C2(C#N)CCCCC2)s1. The van der Waals surface area contributed by atoms with Crippen molar-refractivity contribution >= 4 is 29.0 Å². The number of ketones is 1. The fourth-order valence-corrected chi connectivity index (χ4v) is 3.97. The first-order valence-corrected chi connectivity index (χ1v) is 9.63. The van der Waals surface area contributed by atoms with Gasteiger partial charge in [0.15, 0.2) is 12.4 Å². The van der Waals surface area contributed by atoms with E-state index < -0.39 is 18.1 Å². The minimum absolute atomic E-state index is 0.0594. The second kappa shape index (κ2) is 8.95. The van der Waals surface area contributed by atoms with Crippen molar-refractivity contribution in [2.24, 2.45) is 0 Å². The zero-order valence-electron chi connectivity index (χ0n) is 15.2. The molecule has 1 aliphatic rings. The van der Waals surface area contributed by atoms with Crippen LogP contribution in [0.1, 0.15) is 59.5 Å². The average Bonchev–Trinajstić information content (AvgIpc) is 3.10. The van der Waals surface area contributed by atoms with Crippen molar-refractivity contribution in [2.75, 3.05) is 13.7 Å². The van der Waals surface area contributed by atoms with Gasteiger partial charge >= 0.3 is 5.97 Å². The van der Waals surface area contributed by atoms with E-state index in [0.717, 1.165) is 24.1 Å². The number of carbonyl (C=O) groups excluding carboxylic acids is 3. The molecule has 0 atom stereocenters. The topological polar surface area (TPSA) is 87.5 Å². The summed E-state index contributed by atoms with van der Waals surface area (Å²) in [6.45, 7) is 1.52. The molecule has 0 aromatic carbocycles. The molecule has 1 fully saturated rings. The van der Waals surface area contributed by atoms with Gasteiger partial charge in [-0.15, -0.1) is 11.3 Å². The molecule has 1 heterocycles. The van der Waals surface area contributed by atoms with Crippen LogP contribution in [0.25, 0.3) is 0 Å². The highest BCUT2D eigenvalue weighted by Gasteiger charge is 2.38. The van der Waals surface area contributed by atoms with E-state index in [1.807, 2.05) is 13.0 Å². The van der Waals surface area contributed by atoms with E-state index in [4.69, 9.17) is 4.74 Å². The molecule has 0 aliphatic heterocycles. The van der Waals surface area contributed by atoms with Gasteiger partial charge in [-0.3, -0.25) is 14.4 Å². The summed E-state index contributed by atoms with van der Waals surface area (Å²) in [6.07, 6.45) is 4.19. The molecular weight excluding hydrogens is 352 g/mol. The van der Waals surface area contributed by atoms with Crippen molar-refractivity contribution in [1.82, 2.24) is 4.90 Å². The Labute approximate surface area is 157 Å². The van der Waals surface area contributed by atoms with Gasteiger partial charge in [0.2, 0.25) is 0 Å². The van der Waals surface area contributed by atoms with Crippen LogP contribution in [0.3, 0.4) is 0 Å². The van der Waals surface area contributed by atoms with Gasteiger partial charge in [0.1, 0.15) is 5.54 Å². The molecule has 1 aliphatic carbocycles. The highest BCUT2D eigenvalue weighted by molar-refractivity contribution is 7.14. The first-order valence-electron chi connectivity index (χ1n) is 8.81. The largest absolute Gasteiger partial charge is 0.456 e. The van der Waals surface area contributed by atoms with Crippen LogP contribution < -0.4 is 0 Å². The molecule has 1 amide bonds. The third kappa shape index (κ3) is 4.92. The van der Waals surface area contributed by atoms with E-state index >= 15 is 0 Å². The van der Waals surface area contributed by atoms with Crippen LogP contribution >= 0.6 is 11.3 Å². The molecule has 0 unspecified atom stereocenters. The highest BCUT2D eigenvalue weighted by atomic mass is 32.1. The molecule has 0 bridgehead atoms. The minimum Gasteiger partial charge on any atom is -0.456 e. The summed E-state index contributed by atoms with van der Waals surface area (Å²) < 4.78 is 5.01. The molecular formula is C19H24N2O4S. The van der Waals surface area contributed by atoms with E-state index in [2.05, 4.69) is 6.07 Å². The molecule has 7 heteroatoms. The third-order valence-corrected chi connectivity index (χ3v) is 5.87. The number of ether oxygens (including phenoxy) is 1. The number of nitriles is 1. The Morgan fingerprint density at radius 3 is 2.50 bits per heavy atom. The number of hydrogen-bond donors (Lipinski definition) is 0. The van der Waals surface area contributed by atoms with Crippen LogP contribution in [0.15, 0.2) is 12.1 Å². The van der Waals surface area contributed by atoms with Gasteiger partial charge in [-0.1, -0.05) is 19.3 Å². The summed E-state index contributed by atoms with van der Waals surface area (Å²) in [7, 11) is 1.59. The lowest BCUT2D eigenvalue weighted by Gasteiger charge is -2.38. The molecule has 0 spiro atoms. The normalized spacial score (nSPS) is 15.7.